The number of amides is 1. The summed E-state index contributed by atoms with van der Waals surface area (Å²) in [5.74, 6) is -1.58. The van der Waals surface area contributed by atoms with Gasteiger partial charge in [0.2, 0.25) is 5.91 Å². The maximum Gasteiger partial charge on any atom is 0.416 e. The van der Waals surface area contributed by atoms with Gasteiger partial charge in [-0.2, -0.15) is 13.2 Å². The fourth-order valence-corrected chi connectivity index (χ4v) is 2.72. The molecule has 144 valence electrons. The third kappa shape index (κ3) is 6.77. The van der Waals surface area contributed by atoms with Crippen molar-refractivity contribution in [2.75, 3.05) is 0 Å². The molecule has 0 aliphatic rings. The lowest BCUT2D eigenvalue weighted by atomic mass is 10.0. The number of benzene rings is 2. The van der Waals surface area contributed by atoms with E-state index in [4.69, 9.17) is 5.11 Å². The fourth-order valence-electron chi connectivity index (χ4n) is 2.72. The van der Waals surface area contributed by atoms with Crippen molar-refractivity contribution in [1.29, 1.82) is 0 Å². The second-order valence-electron chi connectivity index (χ2n) is 6.43. The first-order valence-corrected chi connectivity index (χ1v) is 8.36. The fraction of sp³-hybridized carbons (Fsp3) is 0.300. The summed E-state index contributed by atoms with van der Waals surface area (Å²) in [5, 5.41) is 11.7. The smallest absolute Gasteiger partial charge is 0.416 e. The third-order valence-electron chi connectivity index (χ3n) is 4.01. The minimum absolute atomic E-state index is 0.215. The number of carboxylic acids is 1. The monoisotopic (exact) mass is 379 g/mol. The van der Waals surface area contributed by atoms with Gasteiger partial charge in [0, 0.05) is 6.04 Å². The summed E-state index contributed by atoms with van der Waals surface area (Å²) in [6, 6.07) is 11.4. The van der Waals surface area contributed by atoms with Crippen molar-refractivity contribution < 1.29 is 27.9 Å². The van der Waals surface area contributed by atoms with E-state index >= 15 is 0 Å². The van der Waals surface area contributed by atoms with Gasteiger partial charge < -0.3 is 10.4 Å². The first kappa shape index (κ1) is 20.5. The Kier molecular flexibility index (Phi) is 6.60. The molecule has 0 spiro atoms. The summed E-state index contributed by atoms with van der Waals surface area (Å²) in [6.07, 6.45) is -4.69. The standard InChI is InChI=1S/C20H20F3NO3/c1-13-5-7-14(8-6-13)10-17(12-19(26)27)24-18(25)11-15-3-2-4-16(9-15)20(21,22)23/h2-9,17H,10-12H2,1H3,(H,24,25)(H,26,27)/t17-/m0/s1. The Morgan fingerprint density at radius 3 is 2.33 bits per heavy atom. The molecule has 4 nitrogen and oxygen atoms in total. The van der Waals surface area contributed by atoms with Crippen LogP contribution in [0.2, 0.25) is 0 Å². The highest BCUT2D eigenvalue weighted by Crippen LogP contribution is 2.29. The van der Waals surface area contributed by atoms with Gasteiger partial charge in [-0.15, -0.1) is 0 Å². The molecule has 27 heavy (non-hydrogen) atoms. The molecule has 0 radical (unpaired) electrons. The lowest BCUT2D eigenvalue weighted by molar-refractivity contribution is -0.138. The van der Waals surface area contributed by atoms with Gasteiger partial charge in [0.1, 0.15) is 0 Å². The van der Waals surface area contributed by atoms with Gasteiger partial charge >= 0.3 is 12.1 Å². The molecule has 2 N–H and O–H groups in total. The second-order valence-corrected chi connectivity index (χ2v) is 6.43. The van der Waals surface area contributed by atoms with Crippen LogP contribution >= 0.6 is 0 Å². The maximum atomic E-state index is 12.8. The van der Waals surface area contributed by atoms with Crippen LogP contribution in [0.5, 0.6) is 0 Å². The number of halogens is 3. The zero-order valence-corrected chi connectivity index (χ0v) is 14.7. The van der Waals surface area contributed by atoms with Gasteiger partial charge in [0.15, 0.2) is 0 Å². The van der Waals surface area contributed by atoms with Crippen LogP contribution in [0.1, 0.15) is 28.7 Å². The summed E-state index contributed by atoms with van der Waals surface area (Å²) in [4.78, 5) is 23.3. The lowest BCUT2D eigenvalue weighted by Gasteiger charge is -2.17. The van der Waals surface area contributed by atoms with Crippen molar-refractivity contribution in [3.63, 3.8) is 0 Å². The van der Waals surface area contributed by atoms with Crippen LogP contribution < -0.4 is 5.32 Å². The van der Waals surface area contributed by atoms with Gasteiger partial charge in [-0.1, -0.05) is 48.0 Å². The molecule has 0 saturated carbocycles. The molecule has 0 heterocycles. The van der Waals surface area contributed by atoms with E-state index in [1.165, 1.54) is 12.1 Å². The number of carbonyl (C=O) groups is 2. The number of carboxylic acid groups (broad SMARTS) is 1. The normalized spacial score (nSPS) is 12.4. The van der Waals surface area contributed by atoms with Crippen molar-refractivity contribution in [2.24, 2.45) is 0 Å². The van der Waals surface area contributed by atoms with Gasteiger partial charge in [-0.25, -0.2) is 0 Å². The average molecular weight is 379 g/mol. The van der Waals surface area contributed by atoms with E-state index in [1.807, 2.05) is 31.2 Å². The van der Waals surface area contributed by atoms with Crippen LogP contribution in [0.3, 0.4) is 0 Å². The molecular formula is C20H20F3NO3. The Morgan fingerprint density at radius 2 is 1.74 bits per heavy atom. The van der Waals surface area contributed by atoms with E-state index in [2.05, 4.69) is 5.32 Å². The summed E-state index contributed by atoms with van der Waals surface area (Å²) in [5.41, 5.74) is 1.31. The number of aryl methyl sites for hydroxylation is 1. The summed E-state index contributed by atoms with van der Waals surface area (Å²) < 4.78 is 38.3. The molecule has 2 aromatic carbocycles. The topological polar surface area (TPSA) is 66.4 Å². The Hall–Kier alpha value is -2.83. The van der Waals surface area contributed by atoms with E-state index < -0.39 is 29.7 Å². The van der Waals surface area contributed by atoms with Crippen LogP contribution in [0.4, 0.5) is 13.2 Å². The van der Waals surface area contributed by atoms with Gasteiger partial charge in [-0.3, -0.25) is 9.59 Å². The maximum absolute atomic E-state index is 12.8. The highest BCUT2D eigenvalue weighted by Gasteiger charge is 2.30. The van der Waals surface area contributed by atoms with E-state index in [-0.39, 0.29) is 18.4 Å². The number of hydrogen-bond acceptors (Lipinski definition) is 2. The molecule has 0 saturated heterocycles. The summed E-state index contributed by atoms with van der Waals surface area (Å²) in [6.45, 7) is 1.93. The first-order valence-electron chi connectivity index (χ1n) is 8.36. The number of hydrogen-bond donors (Lipinski definition) is 2. The zero-order chi connectivity index (χ0) is 20.0. The second kappa shape index (κ2) is 8.70. The predicted molar refractivity (Wildman–Crippen MR) is 94.2 cm³/mol. The molecule has 0 aliphatic heterocycles. The van der Waals surface area contributed by atoms with Crippen LogP contribution in [-0.4, -0.2) is 23.0 Å². The molecule has 0 bridgehead atoms. The quantitative estimate of drug-likeness (QED) is 0.770. The van der Waals surface area contributed by atoms with Crippen LogP contribution in [0.15, 0.2) is 48.5 Å². The Bertz CT molecular complexity index is 801. The number of nitrogens with one attached hydrogen (secondary N) is 1. The van der Waals surface area contributed by atoms with E-state index in [1.54, 1.807) is 0 Å². The lowest BCUT2D eigenvalue weighted by Crippen LogP contribution is -2.39. The van der Waals surface area contributed by atoms with Crippen molar-refractivity contribution in [3.05, 3.63) is 70.8 Å². The highest BCUT2D eigenvalue weighted by molar-refractivity contribution is 5.79. The van der Waals surface area contributed by atoms with Gasteiger partial charge in [-0.05, 0) is 30.5 Å². The Labute approximate surface area is 155 Å². The number of rotatable bonds is 7. The van der Waals surface area contributed by atoms with E-state index in [0.29, 0.717) is 6.42 Å². The Balaban J connectivity index is 2.05. The summed E-state index contributed by atoms with van der Waals surface area (Å²) >= 11 is 0. The van der Waals surface area contributed by atoms with Crippen molar-refractivity contribution >= 4 is 11.9 Å². The number of aliphatic carboxylic acids is 1. The van der Waals surface area contributed by atoms with Crippen molar-refractivity contribution in [1.82, 2.24) is 5.32 Å². The molecule has 0 aromatic heterocycles. The molecule has 0 aliphatic carbocycles. The van der Waals surface area contributed by atoms with Crippen molar-refractivity contribution in [2.45, 2.75) is 38.4 Å². The zero-order valence-electron chi connectivity index (χ0n) is 14.7. The SMILES string of the molecule is Cc1ccc(C[C@@H](CC(=O)O)NC(=O)Cc2cccc(C(F)(F)F)c2)cc1. The first-order chi connectivity index (χ1) is 12.6. The highest BCUT2D eigenvalue weighted by atomic mass is 19.4. The van der Waals surface area contributed by atoms with Gasteiger partial charge in [0.05, 0.1) is 18.4 Å². The van der Waals surface area contributed by atoms with Crippen LogP contribution in [-0.2, 0) is 28.6 Å². The average Bonchev–Trinajstić information content (AvgIpc) is 2.55. The van der Waals surface area contributed by atoms with E-state index in [9.17, 15) is 22.8 Å². The minimum atomic E-state index is -4.48. The molecule has 7 heteroatoms. The third-order valence-corrected chi connectivity index (χ3v) is 4.01. The van der Waals surface area contributed by atoms with Crippen LogP contribution in [0, 0.1) is 6.92 Å². The van der Waals surface area contributed by atoms with E-state index in [0.717, 1.165) is 23.3 Å². The summed E-state index contributed by atoms with van der Waals surface area (Å²) in [7, 11) is 0. The number of alkyl halides is 3. The molecule has 1 atom stereocenters. The molecule has 1 amide bonds. The molecule has 0 unspecified atom stereocenters. The molecular weight excluding hydrogens is 359 g/mol. The van der Waals surface area contributed by atoms with Crippen molar-refractivity contribution in [3.8, 4) is 0 Å². The molecule has 2 aromatic rings. The number of carbonyl (C=O) groups excluding carboxylic acids is 1. The van der Waals surface area contributed by atoms with Crippen LogP contribution in [0.25, 0.3) is 0 Å². The largest absolute Gasteiger partial charge is 0.481 e. The Morgan fingerprint density at radius 1 is 1.07 bits per heavy atom. The predicted octanol–water partition coefficient (Wildman–Crippen LogP) is 3.76. The molecule has 2 rings (SSSR count). The molecule has 0 fully saturated rings. The van der Waals surface area contributed by atoms with Gasteiger partial charge in [0.25, 0.3) is 0 Å². The minimum Gasteiger partial charge on any atom is -0.481 e.